The Labute approximate surface area is 288 Å². The first-order chi connectivity index (χ1) is 22.6. The van der Waals surface area contributed by atoms with Crippen molar-refractivity contribution in [2.45, 2.75) is 130 Å². The second-order valence-electron chi connectivity index (χ2n) is 17.9. The summed E-state index contributed by atoms with van der Waals surface area (Å²) in [4.78, 5) is 38.0. The summed E-state index contributed by atoms with van der Waals surface area (Å²) in [5, 5.41) is 13.0. The van der Waals surface area contributed by atoms with Gasteiger partial charge in [0.25, 0.3) is 0 Å². The lowest BCUT2D eigenvalue weighted by atomic mass is 9.40. The second-order valence-corrected chi connectivity index (χ2v) is 17.9. The monoisotopic (exact) mass is 661 g/mol. The van der Waals surface area contributed by atoms with Crippen molar-refractivity contribution in [1.29, 1.82) is 0 Å². The molecule has 264 valence electrons. The molecule has 6 unspecified atom stereocenters. The Kier molecular flexibility index (Phi) is 9.34. The number of carboxylic acid groups (broad SMARTS) is 1. The van der Waals surface area contributed by atoms with Gasteiger partial charge in [0.05, 0.1) is 11.8 Å². The van der Waals surface area contributed by atoms with E-state index in [1.165, 1.54) is 24.8 Å². The van der Waals surface area contributed by atoms with E-state index in [9.17, 15) is 19.5 Å². The fraction of sp³-hybridized carbons (Fsp3) is 0.732. The lowest BCUT2D eigenvalue weighted by Gasteiger charge is -2.65. The maximum Gasteiger partial charge on any atom is 0.407 e. The highest BCUT2D eigenvalue weighted by Crippen LogP contribution is 2.69. The molecule has 5 aliphatic carbocycles. The number of hydrogen-bond acceptors (Lipinski definition) is 5. The number of fused-ring (bicyclic) bond motifs is 7. The first-order valence-electron chi connectivity index (χ1n) is 18.7. The summed E-state index contributed by atoms with van der Waals surface area (Å²) in [6.07, 6.45) is 10.2. The molecule has 5 aliphatic rings. The van der Waals surface area contributed by atoms with Crippen molar-refractivity contribution in [2.24, 2.45) is 57.7 Å². The fourth-order valence-corrected chi connectivity index (χ4v) is 12.2. The number of carboxylic acids is 1. The van der Waals surface area contributed by atoms with E-state index in [-0.39, 0.29) is 41.6 Å². The summed E-state index contributed by atoms with van der Waals surface area (Å²) < 4.78 is 11.9. The first-order valence-corrected chi connectivity index (χ1v) is 18.7. The maximum absolute atomic E-state index is 13.3. The zero-order valence-corrected chi connectivity index (χ0v) is 30.2. The fourth-order valence-electron chi connectivity index (χ4n) is 12.2. The number of allylic oxidation sites excluding steroid dienone is 1. The highest BCUT2D eigenvalue weighted by Gasteiger charge is 2.64. The Bertz CT molecular complexity index is 1400. The van der Waals surface area contributed by atoms with Crippen LogP contribution in [0.3, 0.4) is 0 Å². The van der Waals surface area contributed by atoms with Crippen molar-refractivity contribution in [3.8, 4) is 0 Å². The number of benzene rings is 1. The number of carbonyl (C=O) groups excluding carboxylic acids is 2. The van der Waals surface area contributed by atoms with E-state index in [0.29, 0.717) is 41.4 Å². The van der Waals surface area contributed by atoms with E-state index in [0.717, 1.165) is 50.5 Å². The number of alkyl carbamates (subject to hydrolysis) is 1. The maximum atomic E-state index is 13.3. The van der Waals surface area contributed by atoms with Crippen molar-refractivity contribution in [1.82, 2.24) is 5.32 Å². The third-order valence-electron chi connectivity index (χ3n) is 14.5. The third-order valence-corrected chi connectivity index (χ3v) is 14.5. The summed E-state index contributed by atoms with van der Waals surface area (Å²) in [6, 6.07) is 9.89. The standard InChI is InChI=1S/C41H59NO6/c1-25(2)27-17-21-41(42-37(46)47-24-26-11-9-8-10-12-26)22-18-28-29-14-16-32-39(5,6)33(48-34(43)23-38(3,4)36(44)45)19-20-40(32,7)31(29)15-13-30(28)35(27)41/h8-12,27-33,35H,1,13-24H2,2-7H3,(H,42,46)(H,44,45)/t27-,28?,29?,30?,31?,32?,33-,35-,40?,41-/m0/s1. The van der Waals surface area contributed by atoms with Gasteiger partial charge in [-0.15, -0.1) is 0 Å². The van der Waals surface area contributed by atoms with Gasteiger partial charge in [-0.3, -0.25) is 9.59 Å². The van der Waals surface area contributed by atoms with Crippen molar-refractivity contribution in [3.63, 3.8) is 0 Å². The van der Waals surface area contributed by atoms with Gasteiger partial charge in [0.1, 0.15) is 12.7 Å². The van der Waals surface area contributed by atoms with E-state index in [1.807, 2.05) is 30.3 Å². The number of esters is 1. The molecular formula is C41H59NO6. The molecule has 0 bridgehead atoms. The number of amides is 1. The summed E-state index contributed by atoms with van der Waals surface area (Å²) >= 11 is 0. The molecule has 48 heavy (non-hydrogen) atoms. The number of carbonyl (C=O) groups is 3. The number of rotatable bonds is 8. The number of hydrogen-bond donors (Lipinski definition) is 2. The van der Waals surface area contributed by atoms with E-state index < -0.39 is 17.4 Å². The van der Waals surface area contributed by atoms with E-state index in [4.69, 9.17) is 9.47 Å². The number of ether oxygens (including phenoxy) is 2. The average Bonchev–Trinajstić information content (AvgIpc) is 3.41. The largest absolute Gasteiger partial charge is 0.481 e. The van der Waals surface area contributed by atoms with Gasteiger partial charge in [0.15, 0.2) is 0 Å². The van der Waals surface area contributed by atoms with E-state index in [1.54, 1.807) is 13.8 Å². The molecule has 5 saturated carbocycles. The molecule has 10 atom stereocenters. The molecule has 1 aromatic carbocycles. The van der Waals surface area contributed by atoms with Crippen molar-refractivity contribution < 1.29 is 29.0 Å². The molecule has 1 aromatic rings. The van der Waals surface area contributed by atoms with Crippen LogP contribution in [0.4, 0.5) is 4.79 Å². The smallest absolute Gasteiger partial charge is 0.407 e. The predicted molar refractivity (Wildman–Crippen MR) is 186 cm³/mol. The molecule has 7 heteroatoms. The minimum atomic E-state index is -1.14. The van der Waals surface area contributed by atoms with Gasteiger partial charge in [-0.1, -0.05) is 63.3 Å². The topological polar surface area (TPSA) is 102 Å². The molecule has 0 saturated heterocycles. The van der Waals surface area contributed by atoms with Crippen LogP contribution in [0.5, 0.6) is 0 Å². The first kappa shape index (κ1) is 35.0. The van der Waals surface area contributed by atoms with E-state index >= 15 is 0 Å². The number of nitrogens with one attached hydrogen (secondary N) is 1. The van der Waals surface area contributed by atoms with Crippen LogP contribution in [0.2, 0.25) is 0 Å². The van der Waals surface area contributed by atoms with Crippen LogP contribution < -0.4 is 5.32 Å². The Balaban J connectivity index is 1.17. The van der Waals surface area contributed by atoms with Gasteiger partial charge in [-0.05, 0) is 137 Å². The zero-order valence-electron chi connectivity index (χ0n) is 30.2. The van der Waals surface area contributed by atoms with Crippen LogP contribution in [-0.4, -0.2) is 34.8 Å². The van der Waals surface area contributed by atoms with Gasteiger partial charge in [0.2, 0.25) is 0 Å². The highest BCUT2D eigenvalue weighted by atomic mass is 16.6. The van der Waals surface area contributed by atoms with Crippen LogP contribution in [0, 0.1) is 57.7 Å². The molecule has 2 N–H and O–H groups in total. The minimum Gasteiger partial charge on any atom is -0.481 e. The quantitative estimate of drug-likeness (QED) is 0.213. The third kappa shape index (κ3) is 6.10. The average molecular weight is 662 g/mol. The molecule has 0 spiro atoms. The molecule has 6 rings (SSSR count). The van der Waals surface area contributed by atoms with Gasteiger partial charge in [-0.2, -0.15) is 0 Å². The summed E-state index contributed by atoms with van der Waals surface area (Å²) in [5.74, 6) is 2.42. The lowest BCUT2D eigenvalue weighted by Crippen LogP contribution is -2.63. The SMILES string of the molecule is C=C(C)[C@@H]1CC[C@]2(NC(=O)OCc3ccccc3)CCC3C4CCC5C(C)(CC[C@H](OC(=O)CC(C)(C)C(=O)O)C5(C)C)C4CCC3[C@H]12. The van der Waals surface area contributed by atoms with Crippen molar-refractivity contribution in [2.75, 3.05) is 0 Å². The Morgan fingerprint density at radius 1 is 0.917 bits per heavy atom. The van der Waals surface area contributed by atoms with Crippen LogP contribution >= 0.6 is 0 Å². The Hall–Kier alpha value is -2.83. The normalized spacial score (nSPS) is 38.3. The molecule has 0 aliphatic heterocycles. The zero-order chi connectivity index (χ0) is 34.6. The molecule has 5 fully saturated rings. The lowest BCUT2D eigenvalue weighted by molar-refractivity contribution is -0.199. The molecular weight excluding hydrogens is 602 g/mol. The van der Waals surface area contributed by atoms with Crippen LogP contribution in [-0.2, 0) is 25.7 Å². The molecule has 0 heterocycles. The van der Waals surface area contributed by atoms with Crippen molar-refractivity contribution in [3.05, 3.63) is 48.0 Å². The van der Waals surface area contributed by atoms with Gasteiger partial charge in [-0.25, -0.2) is 4.79 Å². The Morgan fingerprint density at radius 3 is 2.29 bits per heavy atom. The minimum absolute atomic E-state index is 0.113. The van der Waals surface area contributed by atoms with Crippen LogP contribution in [0.15, 0.2) is 42.5 Å². The van der Waals surface area contributed by atoms with Gasteiger partial charge < -0.3 is 19.9 Å². The number of aliphatic carboxylic acids is 1. The molecule has 0 radical (unpaired) electrons. The van der Waals surface area contributed by atoms with Crippen molar-refractivity contribution >= 4 is 18.0 Å². The summed E-state index contributed by atoms with van der Waals surface area (Å²) in [5.41, 5.74) is 0.876. The second kappa shape index (κ2) is 12.8. The Morgan fingerprint density at radius 2 is 1.60 bits per heavy atom. The predicted octanol–water partition coefficient (Wildman–Crippen LogP) is 8.96. The molecule has 1 amide bonds. The molecule has 7 nitrogen and oxygen atoms in total. The summed E-state index contributed by atoms with van der Waals surface area (Å²) in [7, 11) is 0. The van der Waals surface area contributed by atoms with Gasteiger partial charge in [0, 0.05) is 11.0 Å². The van der Waals surface area contributed by atoms with Crippen LogP contribution in [0.1, 0.15) is 118 Å². The highest BCUT2D eigenvalue weighted by molar-refractivity contribution is 5.81. The summed E-state index contributed by atoms with van der Waals surface area (Å²) in [6.45, 7) is 17.2. The van der Waals surface area contributed by atoms with Gasteiger partial charge >= 0.3 is 18.0 Å². The van der Waals surface area contributed by atoms with Crippen LogP contribution in [0.25, 0.3) is 0 Å². The van der Waals surface area contributed by atoms with E-state index in [2.05, 4.69) is 39.6 Å². The molecule has 0 aromatic heterocycles.